The Bertz CT molecular complexity index is 825. The van der Waals surface area contributed by atoms with Crippen LogP contribution in [0.1, 0.15) is 56.1 Å². The lowest BCUT2D eigenvalue weighted by Crippen LogP contribution is -2.51. The Kier molecular flexibility index (Phi) is 8.11. The summed E-state index contributed by atoms with van der Waals surface area (Å²) in [5.41, 5.74) is 2.90. The minimum Gasteiger partial charge on any atom is -0.459 e. The molecule has 3 N–H and O–H groups in total. The molecule has 1 aliphatic carbocycles. The van der Waals surface area contributed by atoms with Crippen molar-refractivity contribution in [1.29, 1.82) is 0 Å². The average Bonchev–Trinajstić information content (AvgIpc) is 3.54. The van der Waals surface area contributed by atoms with Gasteiger partial charge in [0.15, 0.2) is 0 Å². The molecule has 1 saturated carbocycles. The Labute approximate surface area is 184 Å². The molecule has 2 unspecified atom stereocenters. The average molecular weight is 452 g/mol. The van der Waals surface area contributed by atoms with Gasteiger partial charge in [0.05, 0.1) is 19.1 Å². The highest BCUT2D eigenvalue weighted by Gasteiger charge is 2.39. The SMILES string of the molecule is CCOC(=O)c1nnc(NC(=O)C2CCNN2C(=O)C(CC2CCCC2)CN(O)C=O)o1. The van der Waals surface area contributed by atoms with Crippen LogP contribution in [0, 0.1) is 11.8 Å². The fourth-order valence-corrected chi connectivity index (χ4v) is 4.15. The molecule has 2 heterocycles. The molecule has 13 nitrogen and oxygen atoms in total. The topological polar surface area (TPSA) is 167 Å². The maximum atomic E-state index is 13.2. The van der Waals surface area contributed by atoms with Crippen LogP contribution < -0.4 is 10.7 Å². The Balaban J connectivity index is 1.66. The molecule has 2 aliphatic rings. The highest BCUT2D eigenvalue weighted by atomic mass is 16.5. The van der Waals surface area contributed by atoms with Gasteiger partial charge in [0.1, 0.15) is 6.04 Å². The normalized spacial score (nSPS) is 19.6. The van der Waals surface area contributed by atoms with Gasteiger partial charge in [-0.3, -0.25) is 29.9 Å². The molecule has 0 spiro atoms. The smallest absolute Gasteiger partial charge is 0.396 e. The molecule has 2 fully saturated rings. The first-order valence-corrected chi connectivity index (χ1v) is 10.7. The first-order chi connectivity index (χ1) is 15.4. The largest absolute Gasteiger partial charge is 0.459 e. The van der Waals surface area contributed by atoms with Crippen molar-refractivity contribution in [2.75, 3.05) is 25.0 Å². The van der Waals surface area contributed by atoms with Crippen molar-refractivity contribution >= 4 is 30.2 Å². The standard InChI is InChI=1S/C19H28N6O7/c1-2-31-18(29)16-22-23-19(32-16)21-15(27)14-7-8-20-25(14)17(28)13(10-24(30)11-26)9-12-5-3-4-6-12/h11-14,20,30H,2-10H2,1H3,(H,21,23,27). The summed E-state index contributed by atoms with van der Waals surface area (Å²) in [5.74, 6) is -2.48. The lowest BCUT2D eigenvalue weighted by atomic mass is 9.92. The number of nitrogens with one attached hydrogen (secondary N) is 2. The minimum absolute atomic E-state index is 0.130. The molecular formula is C19H28N6O7. The van der Waals surface area contributed by atoms with Gasteiger partial charge in [0.2, 0.25) is 12.3 Å². The maximum absolute atomic E-state index is 13.2. The van der Waals surface area contributed by atoms with E-state index < -0.39 is 29.7 Å². The lowest BCUT2D eigenvalue weighted by Gasteiger charge is -2.29. The number of hydroxylamine groups is 2. The number of aromatic nitrogens is 2. The van der Waals surface area contributed by atoms with Gasteiger partial charge in [0, 0.05) is 6.54 Å². The predicted molar refractivity (Wildman–Crippen MR) is 107 cm³/mol. The summed E-state index contributed by atoms with van der Waals surface area (Å²) in [5, 5.41) is 20.9. The van der Waals surface area contributed by atoms with Crippen LogP contribution in [-0.2, 0) is 19.1 Å². The Morgan fingerprint density at radius 1 is 1.34 bits per heavy atom. The van der Waals surface area contributed by atoms with Gasteiger partial charge in [-0.2, -0.15) is 0 Å². The van der Waals surface area contributed by atoms with E-state index in [0.717, 1.165) is 25.7 Å². The Morgan fingerprint density at radius 3 is 2.78 bits per heavy atom. The summed E-state index contributed by atoms with van der Waals surface area (Å²) >= 11 is 0. The molecule has 3 amide bonds. The summed E-state index contributed by atoms with van der Waals surface area (Å²) in [7, 11) is 0. The maximum Gasteiger partial charge on any atom is 0.396 e. The van der Waals surface area contributed by atoms with Gasteiger partial charge < -0.3 is 9.15 Å². The molecule has 3 rings (SSSR count). The summed E-state index contributed by atoms with van der Waals surface area (Å²) in [6, 6.07) is -1.16. The van der Waals surface area contributed by atoms with E-state index in [4.69, 9.17) is 9.15 Å². The van der Waals surface area contributed by atoms with Crippen LogP contribution in [0.4, 0.5) is 6.01 Å². The monoisotopic (exact) mass is 452 g/mol. The third-order valence-corrected chi connectivity index (χ3v) is 5.63. The summed E-state index contributed by atoms with van der Waals surface area (Å²) in [4.78, 5) is 48.5. The third kappa shape index (κ3) is 5.79. The van der Waals surface area contributed by atoms with E-state index in [1.807, 2.05) is 0 Å². The molecule has 2 atom stereocenters. The number of esters is 1. The van der Waals surface area contributed by atoms with Crippen molar-refractivity contribution in [3.05, 3.63) is 5.89 Å². The van der Waals surface area contributed by atoms with E-state index in [1.165, 1.54) is 5.01 Å². The molecular weight excluding hydrogens is 424 g/mol. The van der Waals surface area contributed by atoms with Crippen molar-refractivity contribution in [2.24, 2.45) is 11.8 Å². The number of amides is 3. The van der Waals surface area contributed by atoms with Crippen molar-refractivity contribution in [3.8, 4) is 0 Å². The van der Waals surface area contributed by atoms with Crippen LogP contribution in [0.25, 0.3) is 0 Å². The molecule has 13 heteroatoms. The van der Waals surface area contributed by atoms with Gasteiger partial charge in [0.25, 0.3) is 5.91 Å². The van der Waals surface area contributed by atoms with Gasteiger partial charge in [-0.15, -0.1) is 0 Å². The van der Waals surface area contributed by atoms with Crippen molar-refractivity contribution in [3.63, 3.8) is 0 Å². The zero-order chi connectivity index (χ0) is 23.1. The van der Waals surface area contributed by atoms with Crippen LogP contribution in [0.5, 0.6) is 0 Å². The number of hydrogen-bond donors (Lipinski definition) is 3. The molecule has 176 valence electrons. The van der Waals surface area contributed by atoms with E-state index >= 15 is 0 Å². The van der Waals surface area contributed by atoms with Gasteiger partial charge in [-0.25, -0.2) is 15.3 Å². The van der Waals surface area contributed by atoms with E-state index in [9.17, 15) is 24.4 Å². The Hall–Kier alpha value is -3.06. The molecule has 1 aliphatic heterocycles. The van der Waals surface area contributed by atoms with Crippen LogP contribution in [-0.4, -0.2) is 75.4 Å². The lowest BCUT2D eigenvalue weighted by molar-refractivity contribution is -0.159. The van der Waals surface area contributed by atoms with E-state index in [1.54, 1.807) is 6.92 Å². The number of ether oxygens (including phenoxy) is 1. The Morgan fingerprint density at radius 2 is 2.09 bits per heavy atom. The first kappa shape index (κ1) is 23.6. The third-order valence-electron chi connectivity index (χ3n) is 5.63. The van der Waals surface area contributed by atoms with Crippen LogP contribution >= 0.6 is 0 Å². The summed E-state index contributed by atoms with van der Waals surface area (Å²) in [6.45, 7) is 1.98. The second-order valence-electron chi connectivity index (χ2n) is 7.85. The number of carbonyl (C=O) groups excluding carboxylic acids is 4. The van der Waals surface area contributed by atoms with E-state index in [2.05, 4.69) is 20.9 Å². The molecule has 32 heavy (non-hydrogen) atoms. The fraction of sp³-hybridized carbons (Fsp3) is 0.684. The zero-order valence-corrected chi connectivity index (χ0v) is 17.9. The van der Waals surface area contributed by atoms with E-state index in [-0.39, 0.29) is 31.5 Å². The summed E-state index contributed by atoms with van der Waals surface area (Å²) < 4.78 is 9.85. The second-order valence-corrected chi connectivity index (χ2v) is 7.85. The number of nitrogens with zero attached hydrogens (tertiary/aromatic N) is 4. The predicted octanol–water partition coefficient (Wildman–Crippen LogP) is 0.334. The second kappa shape index (κ2) is 11.0. The van der Waals surface area contributed by atoms with Crippen LogP contribution in [0.3, 0.4) is 0 Å². The molecule has 0 bridgehead atoms. The first-order valence-electron chi connectivity index (χ1n) is 10.7. The number of rotatable bonds is 10. The highest BCUT2D eigenvalue weighted by molar-refractivity contribution is 5.96. The number of anilines is 1. The molecule has 1 aromatic rings. The van der Waals surface area contributed by atoms with Crippen LogP contribution in [0.15, 0.2) is 4.42 Å². The molecule has 0 radical (unpaired) electrons. The molecule has 1 aromatic heterocycles. The van der Waals surface area contributed by atoms with Gasteiger partial charge in [-0.05, 0) is 25.7 Å². The highest BCUT2D eigenvalue weighted by Crippen LogP contribution is 2.31. The molecule has 1 saturated heterocycles. The summed E-state index contributed by atoms with van der Waals surface area (Å²) in [6.07, 6.45) is 5.28. The van der Waals surface area contributed by atoms with Crippen LogP contribution in [0.2, 0.25) is 0 Å². The van der Waals surface area contributed by atoms with Crippen molar-refractivity contribution in [1.82, 2.24) is 25.7 Å². The van der Waals surface area contributed by atoms with Gasteiger partial charge >= 0.3 is 17.9 Å². The van der Waals surface area contributed by atoms with Gasteiger partial charge in [-0.1, -0.05) is 35.9 Å². The van der Waals surface area contributed by atoms with E-state index in [0.29, 0.717) is 30.4 Å². The fourth-order valence-electron chi connectivity index (χ4n) is 4.15. The number of carbonyl (C=O) groups is 4. The minimum atomic E-state index is -0.866. The number of hydrogen-bond acceptors (Lipinski definition) is 10. The van der Waals surface area contributed by atoms with Crippen molar-refractivity contribution < 1.29 is 33.5 Å². The van der Waals surface area contributed by atoms with Crippen molar-refractivity contribution in [2.45, 2.75) is 51.5 Å². The zero-order valence-electron chi connectivity index (χ0n) is 17.9. The molecule has 0 aromatic carbocycles. The number of hydrazine groups is 1. The quantitative estimate of drug-likeness (QED) is 0.195.